The van der Waals surface area contributed by atoms with Crippen molar-refractivity contribution >= 4 is 21.6 Å². The van der Waals surface area contributed by atoms with Crippen LogP contribution >= 0.6 is 11.6 Å². The predicted molar refractivity (Wildman–Crippen MR) is 72.6 cm³/mol. The highest BCUT2D eigenvalue weighted by molar-refractivity contribution is 7.89. The van der Waals surface area contributed by atoms with Gasteiger partial charge in [0, 0.05) is 13.6 Å². The maximum Gasteiger partial charge on any atom is 0.417 e. The SMILES string of the molecule is CN(CC(C)(C)O)S(=O)(=O)c1ccc(Cl)c(C(F)(F)F)c1. The molecule has 0 saturated heterocycles. The summed E-state index contributed by atoms with van der Waals surface area (Å²) >= 11 is 5.45. The number of nitrogens with zero attached hydrogens (tertiary/aromatic N) is 1. The fourth-order valence-corrected chi connectivity index (χ4v) is 3.27. The maximum atomic E-state index is 12.8. The molecule has 4 nitrogen and oxygen atoms in total. The zero-order valence-electron chi connectivity index (χ0n) is 11.6. The van der Waals surface area contributed by atoms with Crippen molar-refractivity contribution in [2.75, 3.05) is 13.6 Å². The van der Waals surface area contributed by atoms with Gasteiger partial charge in [-0.2, -0.15) is 17.5 Å². The molecule has 0 bridgehead atoms. The van der Waals surface area contributed by atoms with Gasteiger partial charge in [0.1, 0.15) is 0 Å². The first-order valence-electron chi connectivity index (χ1n) is 5.80. The Bertz CT molecular complexity index is 624. The topological polar surface area (TPSA) is 57.6 Å². The lowest BCUT2D eigenvalue weighted by Gasteiger charge is -2.25. The minimum atomic E-state index is -4.75. The second-order valence-electron chi connectivity index (χ2n) is 5.21. The maximum absolute atomic E-state index is 12.8. The molecule has 0 spiro atoms. The number of benzene rings is 1. The molecule has 0 radical (unpaired) electrons. The molecule has 1 rings (SSSR count). The van der Waals surface area contributed by atoms with E-state index in [9.17, 15) is 26.7 Å². The van der Waals surface area contributed by atoms with Crippen LogP contribution < -0.4 is 0 Å². The highest BCUT2D eigenvalue weighted by Crippen LogP contribution is 2.36. The third-order valence-corrected chi connectivity index (χ3v) is 4.69. The van der Waals surface area contributed by atoms with Gasteiger partial charge >= 0.3 is 6.18 Å². The number of rotatable bonds is 4. The third-order valence-electron chi connectivity index (χ3n) is 2.56. The Labute approximate surface area is 126 Å². The van der Waals surface area contributed by atoms with Gasteiger partial charge in [0.15, 0.2) is 0 Å². The monoisotopic (exact) mass is 345 g/mol. The molecular weight excluding hydrogens is 331 g/mol. The zero-order valence-corrected chi connectivity index (χ0v) is 13.1. The van der Waals surface area contributed by atoms with E-state index in [2.05, 4.69) is 0 Å². The van der Waals surface area contributed by atoms with E-state index >= 15 is 0 Å². The van der Waals surface area contributed by atoms with Gasteiger partial charge in [0.25, 0.3) is 0 Å². The van der Waals surface area contributed by atoms with Gasteiger partial charge in [0.2, 0.25) is 10.0 Å². The van der Waals surface area contributed by atoms with Crippen LogP contribution in [-0.2, 0) is 16.2 Å². The number of aliphatic hydroxyl groups is 1. The van der Waals surface area contributed by atoms with Crippen molar-refractivity contribution in [3.63, 3.8) is 0 Å². The molecule has 0 aliphatic rings. The van der Waals surface area contributed by atoms with Crippen LogP contribution in [0.1, 0.15) is 19.4 Å². The lowest BCUT2D eigenvalue weighted by Crippen LogP contribution is -2.39. The quantitative estimate of drug-likeness (QED) is 0.913. The molecule has 120 valence electrons. The summed E-state index contributed by atoms with van der Waals surface area (Å²) in [6, 6.07) is 2.36. The largest absolute Gasteiger partial charge is 0.417 e. The summed E-state index contributed by atoms with van der Waals surface area (Å²) < 4.78 is 63.5. The number of alkyl halides is 3. The Morgan fingerprint density at radius 2 is 1.81 bits per heavy atom. The number of sulfonamides is 1. The minimum absolute atomic E-state index is 0.265. The van der Waals surface area contributed by atoms with Crippen molar-refractivity contribution < 1.29 is 26.7 Å². The molecule has 9 heteroatoms. The standard InChI is InChI=1S/C12H15ClF3NO3S/c1-11(2,18)7-17(3)21(19,20)8-4-5-10(13)9(6-8)12(14,15)16/h4-6,18H,7H2,1-3H3. The molecule has 0 unspecified atom stereocenters. The molecule has 0 amide bonds. The zero-order chi connectivity index (χ0) is 16.6. The first kappa shape index (κ1) is 18.2. The van der Waals surface area contributed by atoms with Crippen molar-refractivity contribution in [3.8, 4) is 0 Å². The van der Waals surface area contributed by atoms with E-state index in [-0.39, 0.29) is 6.54 Å². The van der Waals surface area contributed by atoms with Gasteiger partial charge in [-0.05, 0) is 32.0 Å². The van der Waals surface area contributed by atoms with Crippen molar-refractivity contribution in [1.29, 1.82) is 0 Å². The summed E-state index contributed by atoms with van der Waals surface area (Å²) in [5.41, 5.74) is -2.54. The van der Waals surface area contributed by atoms with Crippen LogP contribution in [0.2, 0.25) is 5.02 Å². The van der Waals surface area contributed by atoms with Gasteiger partial charge in [-0.15, -0.1) is 0 Å². The number of hydrogen-bond acceptors (Lipinski definition) is 3. The Balaban J connectivity index is 3.28. The third kappa shape index (κ3) is 4.57. The van der Waals surface area contributed by atoms with E-state index in [1.807, 2.05) is 0 Å². The van der Waals surface area contributed by atoms with Crippen LogP contribution in [-0.4, -0.2) is 37.0 Å². The van der Waals surface area contributed by atoms with Crippen LogP contribution in [0.4, 0.5) is 13.2 Å². The fourth-order valence-electron chi connectivity index (χ4n) is 1.69. The normalized spacial score (nSPS) is 13.8. The number of halogens is 4. The van der Waals surface area contributed by atoms with Crippen molar-refractivity contribution in [3.05, 3.63) is 28.8 Å². The first-order valence-corrected chi connectivity index (χ1v) is 7.62. The second-order valence-corrected chi connectivity index (χ2v) is 7.67. The molecule has 0 fully saturated rings. The van der Waals surface area contributed by atoms with Gasteiger partial charge in [-0.25, -0.2) is 8.42 Å². The summed E-state index contributed by atoms with van der Waals surface area (Å²) in [5.74, 6) is 0. The average Bonchev–Trinajstić information content (AvgIpc) is 2.25. The van der Waals surface area contributed by atoms with E-state index in [0.717, 1.165) is 16.4 Å². The summed E-state index contributed by atoms with van der Waals surface area (Å²) in [6.45, 7) is 2.52. The van der Waals surface area contributed by atoms with Gasteiger partial charge in [-0.1, -0.05) is 11.6 Å². The van der Waals surface area contributed by atoms with E-state index in [1.165, 1.54) is 20.9 Å². The smallest absolute Gasteiger partial charge is 0.389 e. The Morgan fingerprint density at radius 1 is 1.29 bits per heavy atom. The first-order chi connectivity index (χ1) is 9.25. The molecular formula is C12H15ClF3NO3S. The molecule has 1 N–H and O–H groups in total. The van der Waals surface area contributed by atoms with Crippen LogP contribution in [0.3, 0.4) is 0 Å². The van der Waals surface area contributed by atoms with Gasteiger partial charge < -0.3 is 5.11 Å². The Kier molecular flexibility index (Phi) is 4.99. The molecule has 0 aliphatic heterocycles. The molecule has 0 aromatic heterocycles. The molecule has 1 aromatic carbocycles. The summed E-state index contributed by atoms with van der Waals surface area (Å²) in [7, 11) is -2.98. The number of hydrogen-bond donors (Lipinski definition) is 1. The Morgan fingerprint density at radius 3 is 2.24 bits per heavy atom. The predicted octanol–water partition coefficient (Wildman–Crippen LogP) is 2.75. The van der Waals surface area contributed by atoms with E-state index in [0.29, 0.717) is 6.07 Å². The van der Waals surface area contributed by atoms with Crippen LogP contribution in [0.25, 0.3) is 0 Å². The van der Waals surface area contributed by atoms with E-state index < -0.39 is 37.3 Å². The van der Waals surface area contributed by atoms with E-state index in [1.54, 1.807) is 0 Å². The molecule has 1 aromatic rings. The van der Waals surface area contributed by atoms with Crippen molar-refractivity contribution in [1.82, 2.24) is 4.31 Å². The lowest BCUT2D eigenvalue weighted by atomic mass is 10.1. The average molecular weight is 346 g/mol. The Hall–Kier alpha value is -0.830. The summed E-state index contributed by atoms with van der Waals surface area (Å²) in [5, 5.41) is 9.04. The summed E-state index contributed by atoms with van der Waals surface area (Å²) in [6.07, 6.45) is -4.75. The van der Waals surface area contributed by atoms with Gasteiger partial charge in [0.05, 0.1) is 21.1 Å². The molecule has 21 heavy (non-hydrogen) atoms. The molecule has 0 heterocycles. The van der Waals surface area contributed by atoms with E-state index in [4.69, 9.17) is 11.6 Å². The van der Waals surface area contributed by atoms with Crippen molar-refractivity contribution in [2.45, 2.75) is 30.5 Å². The molecule has 0 saturated carbocycles. The highest BCUT2D eigenvalue weighted by Gasteiger charge is 2.35. The van der Waals surface area contributed by atoms with Crippen molar-refractivity contribution in [2.24, 2.45) is 0 Å². The van der Waals surface area contributed by atoms with Crippen LogP contribution in [0.15, 0.2) is 23.1 Å². The minimum Gasteiger partial charge on any atom is -0.389 e. The lowest BCUT2D eigenvalue weighted by molar-refractivity contribution is -0.137. The molecule has 0 atom stereocenters. The fraction of sp³-hybridized carbons (Fsp3) is 0.500. The number of likely N-dealkylation sites (N-methyl/N-ethyl adjacent to an activating group) is 1. The van der Waals surface area contributed by atoms with Gasteiger partial charge in [-0.3, -0.25) is 0 Å². The molecule has 0 aliphatic carbocycles. The van der Waals surface area contributed by atoms with Crippen LogP contribution in [0.5, 0.6) is 0 Å². The summed E-state index contributed by atoms with van der Waals surface area (Å²) in [4.78, 5) is -0.536. The highest BCUT2D eigenvalue weighted by atomic mass is 35.5. The second kappa shape index (κ2) is 5.75. The van der Waals surface area contributed by atoms with Crippen LogP contribution in [0, 0.1) is 0 Å².